The van der Waals surface area contributed by atoms with Gasteiger partial charge in [0.25, 0.3) is 0 Å². The highest BCUT2D eigenvalue weighted by Crippen LogP contribution is 2.39. The maximum Gasteiger partial charge on any atom is 0.123 e. The largest absolute Gasteiger partial charge is 0.320 e. The number of benzene rings is 2. The first-order chi connectivity index (χ1) is 12.6. The van der Waals surface area contributed by atoms with E-state index in [2.05, 4.69) is 60.8 Å². The number of aromatic nitrogens is 1. The van der Waals surface area contributed by atoms with E-state index in [4.69, 9.17) is 0 Å². The molecule has 1 aromatic heterocycles. The molecule has 0 fully saturated rings. The average molecular weight is 348 g/mol. The van der Waals surface area contributed by atoms with Crippen molar-refractivity contribution < 1.29 is 4.39 Å². The summed E-state index contributed by atoms with van der Waals surface area (Å²) < 4.78 is 15.6. The van der Waals surface area contributed by atoms with Crippen LogP contribution in [-0.4, -0.2) is 23.1 Å². The Morgan fingerprint density at radius 2 is 1.88 bits per heavy atom. The summed E-state index contributed by atoms with van der Waals surface area (Å²) in [6.07, 6.45) is 4.37. The molecular formula is C23H25FN2. The fourth-order valence-electron chi connectivity index (χ4n) is 4.27. The molecule has 0 saturated carbocycles. The van der Waals surface area contributed by atoms with Crippen LogP contribution in [0.5, 0.6) is 0 Å². The number of likely N-dealkylation sites (N-methyl/N-ethyl adjacent to an activating group) is 1. The molecule has 0 N–H and O–H groups in total. The average Bonchev–Trinajstić information content (AvgIpc) is 2.96. The van der Waals surface area contributed by atoms with Gasteiger partial charge in [0.15, 0.2) is 0 Å². The summed E-state index contributed by atoms with van der Waals surface area (Å²) in [6, 6.07) is 15.9. The summed E-state index contributed by atoms with van der Waals surface area (Å²) in [5.74, 6) is -0.195. The van der Waals surface area contributed by atoms with E-state index in [1.165, 1.54) is 34.3 Å². The summed E-state index contributed by atoms with van der Waals surface area (Å²) in [5, 5.41) is 1.35. The van der Waals surface area contributed by atoms with E-state index in [-0.39, 0.29) is 5.82 Å². The lowest BCUT2D eigenvalue weighted by atomic mass is 9.94. The standard InChI is InChI=1S/C23H25FN2/c1-4-20-23-19-7-5-6-8-21(19)26(22(23)13-14-25(20)3)15-16(2)17-9-11-18(24)12-10-17/h5-12,15,20H,4,13-14H2,1-3H3/b16-15-/t20-/m0/s1. The number of para-hydroxylation sites is 1. The summed E-state index contributed by atoms with van der Waals surface area (Å²) in [6.45, 7) is 5.44. The van der Waals surface area contributed by atoms with E-state index in [0.29, 0.717) is 6.04 Å². The van der Waals surface area contributed by atoms with Gasteiger partial charge in [-0.05, 0) is 55.3 Å². The molecule has 1 atom stereocenters. The van der Waals surface area contributed by atoms with Crippen LogP contribution in [0.4, 0.5) is 4.39 Å². The lowest BCUT2D eigenvalue weighted by Gasteiger charge is -2.33. The van der Waals surface area contributed by atoms with E-state index in [9.17, 15) is 4.39 Å². The minimum Gasteiger partial charge on any atom is -0.320 e. The summed E-state index contributed by atoms with van der Waals surface area (Å²) in [5.41, 5.74) is 6.34. The quantitative estimate of drug-likeness (QED) is 0.586. The van der Waals surface area contributed by atoms with Crippen molar-refractivity contribution in [2.45, 2.75) is 32.7 Å². The highest BCUT2D eigenvalue weighted by atomic mass is 19.1. The van der Waals surface area contributed by atoms with Crippen molar-refractivity contribution in [3.05, 3.63) is 71.2 Å². The predicted molar refractivity (Wildman–Crippen MR) is 108 cm³/mol. The molecule has 0 spiro atoms. The van der Waals surface area contributed by atoms with E-state index in [1.54, 1.807) is 0 Å². The Morgan fingerprint density at radius 3 is 2.62 bits per heavy atom. The highest BCUT2D eigenvalue weighted by molar-refractivity contribution is 5.90. The molecule has 4 rings (SSSR count). The molecule has 1 aliphatic rings. The van der Waals surface area contributed by atoms with Crippen LogP contribution in [0, 0.1) is 5.82 Å². The van der Waals surface area contributed by atoms with Crippen LogP contribution in [-0.2, 0) is 6.42 Å². The molecule has 3 aromatic rings. The monoisotopic (exact) mass is 348 g/mol. The lowest BCUT2D eigenvalue weighted by Crippen LogP contribution is -2.32. The van der Waals surface area contributed by atoms with E-state index in [0.717, 1.165) is 30.5 Å². The molecular weight excluding hydrogens is 323 g/mol. The van der Waals surface area contributed by atoms with Gasteiger partial charge in [-0.2, -0.15) is 0 Å². The second kappa shape index (κ2) is 6.73. The maximum absolute atomic E-state index is 13.3. The van der Waals surface area contributed by atoms with Crippen LogP contribution in [0.15, 0.2) is 48.5 Å². The van der Waals surface area contributed by atoms with Crippen molar-refractivity contribution >= 4 is 22.7 Å². The fraction of sp³-hybridized carbons (Fsp3) is 0.304. The molecule has 1 aliphatic heterocycles. The number of allylic oxidation sites excluding steroid dienone is 1. The van der Waals surface area contributed by atoms with Gasteiger partial charge in [-0.15, -0.1) is 0 Å². The number of hydrogen-bond acceptors (Lipinski definition) is 1. The van der Waals surface area contributed by atoms with E-state index < -0.39 is 0 Å². The zero-order chi connectivity index (χ0) is 18.3. The third-order valence-corrected chi connectivity index (χ3v) is 5.63. The van der Waals surface area contributed by atoms with Crippen LogP contribution in [0.3, 0.4) is 0 Å². The minimum absolute atomic E-state index is 0.195. The van der Waals surface area contributed by atoms with Gasteiger partial charge in [-0.1, -0.05) is 37.3 Å². The van der Waals surface area contributed by atoms with Gasteiger partial charge >= 0.3 is 0 Å². The molecule has 3 heteroatoms. The summed E-state index contributed by atoms with van der Waals surface area (Å²) in [4.78, 5) is 2.47. The van der Waals surface area contributed by atoms with Crippen LogP contribution in [0.2, 0.25) is 0 Å². The second-order valence-corrected chi connectivity index (χ2v) is 7.22. The van der Waals surface area contributed by atoms with Gasteiger partial charge in [0.2, 0.25) is 0 Å². The van der Waals surface area contributed by atoms with Gasteiger partial charge in [-0.25, -0.2) is 4.39 Å². The maximum atomic E-state index is 13.3. The molecule has 0 saturated heterocycles. The first-order valence-corrected chi connectivity index (χ1v) is 9.36. The first kappa shape index (κ1) is 17.0. The summed E-state index contributed by atoms with van der Waals surface area (Å²) in [7, 11) is 2.23. The van der Waals surface area contributed by atoms with Crippen molar-refractivity contribution in [3.63, 3.8) is 0 Å². The molecule has 0 bridgehead atoms. The predicted octanol–water partition coefficient (Wildman–Crippen LogP) is 5.74. The Balaban J connectivity index is 1.91. The number of fused-ring (bicyclic) bond motifs is 3. The Labute approximate surface area is 154 Å². The highest BCUT2D eigenvalue weighted by Gasteiger charge is 2.29. The van der Waals surface area contributed by atoms with Crippen molar-refractivity contribution in [1.29, 1.82) is 0 Å². The molecule has 2 aromatic carbocycles. The van der Waals surface area contributed by atoms with Gasteiger partial charge in [-0.3, -0.25) is 4.90 Å². The normalized spacial score (nSPS) is 18.3. The van der Waals surface area contributed by atoms with Crippen LogP contribution >= 0.6 is 0 Å². The fourth-order valence-corrected chi connectivity index (χ4v) is 4.27. The molecule has 0 unspecified atom stereocenters. The van der Waals surface area contributed by atoms with Crippen LogP contribution in [0.1, 0.15) is 43.1 Å². The topological polar surface area (TPSA) is 8.17 Å². The van der Waals surface area contributed by atoms with Crippen molar-refractivity contribution in [2.75, 3.05) is 13.6 Å². The van der Waals surface area contributed by atoms with E-state index in [1.807, 2.05) is 12.1 Å². The molecule has 2 heterocycles. The summed E-state index contributed by atoms with van der Waals surface area (Å²) >= 11 is 0. The Kier molecular flexibility index (Phi) is 4.41. The molecule has 134 valence electrons. The van der Waals surface area contributed by atoms with Gasteiger partial charge in [0, 0.05) is 36.3 Å². The Morgan fingerprint density at radius 1 is 1.15 bits per heavy atom. The Bertz CT molecular complexity index is 966. The van der Waals surface area contributed by atoms with Gasteiger partial charge < -0.3 is 4.57 Å². The number of hydrogen-bond donors (Lipinski definition) is 0. The van der Waals surface area contributed by atoms with Gasteiger partial charge in [0.05, 0.1) is 5.52 Å². The zero-order valence-corrected chi connectivity index (χ0v) is 15.7. The van der Waals surface area contributed by atoms with Crippen LogP contribution < -0.4 is 0 Å². The lowest BCUT2D eigenvalue weighted by molar-refractivity contribution is 0.225. The Hall–Kier alpha value is -2.39. The van der Waals surface area contributed by atoms with Crippen LogP contribution in [0.25, 0.3) is 22.7 Å². The zero-order valence-electron chi connectivity index (χ0n) is 15.7. The number of nitrogens with zero attached hydrogens (tertiary/aromatic N) is 2. The molecule has 2 nitrogen and oxygen atoms in total. The van der Waals surface area contributed by atoms with Crippen molar-refractivity contribution in [1.82, 2.24) is 9.47 Å². The number of rotatable bonds is 3. The molecule has 0 radical (unpaired) electrons. The smallest absolute Gasteiger partial charge is 0.123 e. The molecule has 26 heavy (non-hydrogen) atoms. The third kappa shape index (κ3) is 2.77. The van der Waals surface area contributed by atoms with Crippen molar-refractivity contribution in [2.24, 2.45) is 0 Å². The number of halogens is 1. The second-order valence-electron chi connectivity index (χ2n) is 7.22. The van der Waals surface area contributed by atoms with Gasteiger partial charge in [0.1, 0.15) is 5.82 Å². The molecule has 0 amide bonds. The minimum atomic E-state index is -0.195. The first-order valence-electron chi connectivity index (χ1n) is 9.36. The third-order valence-electron chi connectivity index (χ3n) is 5.63. The van der Waals surface area contributed by atoms with E-state index >= 15 is 0 Å². The molecule has 0 aliphatic carbocycles. The SMILES string of the molecule is CC[C@H]1c2c(n(/C=C(/C)c3ccc(F)cc3)c3ccccc23)CCN1C. The van der Waals surface area contributed by atoms with Crippen molar-refractivity contribution in [3.8, 4) is 0 Å².